The third-order valence-corrected chi connectivity index (χ3v) is 5.02. The Morgan fingerprint density at radius 1 is 0.929 bits per heavy atom. The molecular formula is C20H19N7O. The molecule has 4 aromatic heterocycles. The zero-order chi connectivity index (χ0) is 18.9. The predicted molar refractivity (Wildman–Crippen MR) is 105 cm³/mol. The van der Waals surface area contributed by atoms with Crippen LogP contribution in [-0.2, 0) is 0 Å². The molecule has 0 aromatic carbocycles. The Bertz CT molecular complexity index is 1080. The van der Waals surface area contributed by atoms with E-state index in [4.69, 9.17) is 0 Å². The summed E-state index contributed by atoms with van der Waals surface area (Å²) in [5.74, 6) is 1.65. The number of carbonyl (C=O) groups excluding carboxylic acids is 1. The van der Waals surface area contributed by atoms with E-state index in [0.717, 1.165) is 35.8 Å². The van der Waals surface area contributed by atoms with Crippen LogP contribution in [0.4, 0.5) is 5.82 Å². The molecule has 140 valence electrons. The van der Waals surface area contributed by atoms with Crippen LogP contribution in [0.1, 0.15) is 10.4 Å². The lowest BCUT2D eigenvalue weighted by Crippen LogP contribution is -2.49. The molecule has 0 saturated carbocycles. The van der Waals surface area contributed by atoms with Crippen LogP contribution in [-0.4, -0.2) is 61.1 Å². The van der Waals surface area contributed by atoms with E-state index >= 15 is 0 Å². The first-order valence-electron chi connectivity index (χ1n) is 9.21. The first-order chi connectivity index (χ1) is 13.8. The molecule has 28 heavy (non-hydrogen) atoms. The van der Waals surface area contributed by atoms with Gasteiger partial charge >= 0.3 is 0 Å². The van der Waals surface area contributed by atoms with Crippen molar-refractivity contribution in [2.45, 2.75) is 0 Å². The van der Waals surface area contributed by atoms with Crippen LogP contribution in [0.25, 0.3) is 11.3 Å². The number of nitrogens with zero attached hydrogens (tertiary/aromatic N) is 7. The molecule has 5 rings (SSSR count). The fourth-order valence-corrected chi connectivity index (χ4v) is 3.53. The van der Waals surface area contributed by atoms with E-state index < -0.39 is 0 Å². The second kappa shape index (κ2) is 6.80. The number of anilines is 1. The molecule has 0 N–H and O–H groups in total. The van der Waals surface area contributed by atoms with Crippen molar-refractivity contribution in [3.8, 4) is 5.82 Å². The van der Waals surface area contributed by atoms with Gasteiger partial charge in [-0.3, -0.25) is 4.79 Å². The molecule has 1 aliphatic heterocycles. The average Bonchev–Trinajstić information content (AvgIpc) is 3.43. The Kier molecular flexibility index (Phi) is 4.01. The summed E-state index contributed by atoms with van der Waals surface area (Å²) >= 11 is 0. The van der Waals surface area contributed by atoms with Crippen LogP contribution < -0.4 is 4.90 Å². The van der Waals surface area contributed by atoms with Crippen LogP contribution in [0.3, 0.4) is 0 Å². The van der Waals surface area contributed by atoms with E-state index in [1.165, 1.54) is 0 Å². The number of aromatic nitrogens is 5. The number of hydrogen-bond donors (Lipinski definition) is 0. The Labute approximate surface area is 161 Å². The summed E-state index contributed by atoms with van der Waals surface area (Å²) in [6.07, 6.45) is 8.97. The van der Waals surface area contributed by atoms with E-state index in [-0.39, 0.29) is 5.91 Å². The lowest BCUT2D eigenvalue weighted by molar-refractivity contribution is 0.0746. The fourth-order valence-electron chi connectivity index (χ4n) is 3.53. The summed E-state index contributed by atoms with van der Waals surface area (Å²) in [6.45, 7) is 2.78. The molecule has 0 unspecified atom stereocenters. The molecule has 0 spiro atoms. The SMILES string of the molecule is O=C(c1cc2ccccn2c1)N1CCN(c2cc(-n3cccn3)ncn2)CC1. The van der Waals surface area contributed by atoms with Crippen molar-refractivity contribution < 1.29 is 4.79 Å². The summed E-state index contributed by atoms with van der Waals surface area (Å²) < 4.78 is 3.68. The van der Waals surface area contributed by atoms with Gasteiger partial charge in [0, 0.05) is 62.5 Å². The van der Waals surface area contributed by atoms with Gasteiger partial charge in [0.05, 0.1) is 5.56 Å². The lowest BCUT2D eigenvalue weighted by Gasteiger charge is -2.35. The highest BCUT2D eigenvalue weighted by molar-refractivity contribution is 5.95. The van der Waals surface area contributed by atoms with Crippen molar-refractivity contribution in [3.63, 3.8) is 0 Å². The Morgan fingerprint density at radius 2 is 1.79 bits per heavy atom. The van der Waals surface area contributed by atoms with Crippen molar-refractivity contribution in [1.82, 2.24) is 29.0 Å². The number of hydrogen-bond acceptors (Lipinski definition) is 5. The molecule has 1 aliphatic rings. The van der Waals surface area contributed by atoms with Crippen LogP contribution in [0.2, 0.25) is 0 Å². The summed E-state index contributed by atoms with van der Waals surface area (Å²) in [7, 11) is 0. The molecule has 4 aromatic rings. The predicted octanol–water partition coefficient (Wildman–Crippen LogP) is 1.88. The number of pyridine rings is 1. The van der Waals surface area contributed by atoms with Crippen LogP contribution in [0, 0.1) is 0 Å². The van der Waals surface area contributed by atoms with Crippen molar-refractivity contribution in [1.29, 1.82) is 0 Å². The highest BCUT2D eigenvalue weighted by atomic mass is 16.2. The van der Waals surface area contributed by atoms with Gasteiger partial charge in [-0.1, -0.05) is 6.07 Å². The first-order valence-corrected chi connectivity index (χ1v) is 9.21. The highest BCUT2D eigenvalue weighted by Gasteiger charge is 2.24. The molecule has 1 saturated heterocycles. The minimum atomic E-state index is 0.0725. The molecule has 5 heterocycles. The second-order valence-corrected chi connectivity index (χ2v) is 6.73. The van der Waals surface area contributed by atoms with Crippen molar-refractivity contribution in [2.24, 2.45) is 0 Å². The summed E-state index contributed by atoms with van der Waals surface area (Å²) in [5, 5.41) is 4.21. The first kappa shape index (κ1) is 16.5. The van der Waals surface area contributed by atoms with Gasteiger partial charge in [0.25, 0.3) is 5.91 Å². The molecule has 0 radical (unpaired) electrons. The molecule has 8 nitrogen and oxygen atoms in total. The minimum Gasteiger partial charge on any atom is -0.353 e. The summed E-state index contributed by atoms with van der Waals surface area (Å²) in [4.78, 5) is 25.6. The molecule has 0 atom stereocenters. The third-order valence-electron chi connectivity index (χ3n) is 5.02. The fraction of sp³-hybridized carbons (Fsp3) is 0.200. The highest BCUT2D eigenvalue weighted by Crippen LogP contribution is 2.18. The van der Waals surface area contributed by atoms with Gasteiger partial charge in [-0.25, -0.2) is 14.6 Å². The van der Waals surface area contributed by atoms with Crippen LogP contribution in [0.15, 0.2) is 67.5 Å². The Morgan fingerprint density at radius 3 is 2.57 bits per heavy atom. The van der Waals surface area contributed by atoms with Crippen LogP contribution in [0.5, 0.6) is 0 Å². The zero-order valence-electron chi connectivity index (χ0n) is 15.2. The van der Waals surface area contributed by atoms with E-state index in [1.807, 2.05) is 64.3 Å². The topological polar surface area (TPSA) is 71.6 Å². The monoisotopic (exact) mass is 373 g/mol. The number of piperazine rings is 1. The van der Waals surface area contributed by atoms with E-state index in [0.29, 0.717) is 13.1 Å². The maximum absolute atomic E-state index is 12.9. The van der Waals surface area contributed by atoms with Gasteiger partial charge in [0.2, 0.25) is 0 Å². The largest absolute Gasteiger partial charge is 0.353 e. The van der Waals surface area contributed by atoms with E-state index in [2.05, 4.69) is 20.0 Å². The zero-order valence-corrected chi connectivity index (χ0v) is 15.2. The lowest BCUT2D eigenvalue weighted by atomic mass is 10.2. The third kappa shape index (κ3) is 2.98. The van der Waals surface area contributed by atoms with Crippen LogP contribution >= 0.6 is 0 Å². The quantitative estimate of drug-likeness (QED) is 0.548. The van der Waals surface area contributed by atoms with Crippen molar-refractivity contribution in [3.05, 3.63) is 73.1 Å². The maximum Gasteiger partial charge on any atom is 0.255 e. The van der Waals surface area contributed by atoms with Crippen molar-refractivity contribution in [2.75, 3.05) is 31.1 Å². The van der Waals surface area contributed by atoms with Gasteiger partial charge in [-0.15, -0.1) is 0 Å². The average molecular weight is 373 g/mol. The van der Waals surface area contributed by atoms with Gasteiger partial charge in [0.15, 0.2) is 5.82 Å². The van der Waals surface area contributed by atoms with E-state index in [1.54, 1.807) is 17.2 Å². The summed E-state index contributed by atoms with van der Waals surface area (Å²) in [6, 6.07) is 11.7. The maximum atomic E-state index is 12.9. The van der Waals surface area contributed by atoms with Crippen molar-refractivity contribution >= 4 is 17.2 Å². The van der Waals surface area contributed by atoms with Gasteiger partial charge in [-0.2, -0.15) is 5.10 Å². The standard InChI is InChI=1S/C20H19N7O/c28-20(16-12-17-4-1-2-6-26(17)14-16)25-10-8-24(9-11-25)18-13-19(22-15-21-18)27-7-3-5-23-27/h1-7,12-15H,8-11H2. The summed E-state index contributed by atoms with van der Waals surface area (Å²) in [5.41, 5.74) is 1.75. The molecular weight excluding hydrogens is 354 g/mol. The van der Waals surface area contributed by atoms with E-state index in [9.17, 15) is 4.79 Å². The second-order valence-electron chi connectivity index (χ2n) is 6.73. The van der Waals surface area contributed by atoms with Gasteiger partial charge in [0.1, 0.15) is 12.1 Å². The molecule has 0 aliphatic carbocycles. The number of amides is 1. The number of carbonyl (C=O) groups is 1. The molecule has 1 fully saturated rings. The molecule has 1 amide bonds. The molecule has 0 bridgehead atoms. The number of rotatable bonds is 3. The van der Waals surface area contributed by atoms with Gasteiger partial charge in [-0.05, 0) is 24.3 Å². The Balaban J connectivity index is 1.28. The minimum absolute atomic E-state index is 0.0725. The van der Waals surface area contributed by atoms with Gasteiger partial charge < -0.3 is 14.2 Å². The smallest absolute Gasteiger partial charge is 0.255 e. The Hall–Kier alpha value is -3.68. The number of fused-ring (bicyclic) bond motifs is 1. The molecule has 8 heteroatoms. The normalized spacial score (nSPS) is 14.6.